The highest BCUT2D eigenvalue weighted by Gasteiger charge is 2.10. The lowest BCUT2D eigenvalue weighted by Gasteiger charge is -2.06. The molecular formula is C11H14N6. The van der Waals surface area contributed by atoms with Gasteiger partial charge in [0.2, 0.25) is 5.95 Å². The van der Waals surface area contributed by atoms with Crippen LogP contribution in [0.5, 0.6) is 0 Å². The minimum absolute atomic E-state index is 0.0637. The maximum atomic E-state index is 7.41. The standard InChI is InChI=1S/C11H14N6/c1-6-4-9(10(12)13)16-11(15-6)17-5-14-7(2)8(17)3/h4-5H,1-3H3,(H3,12,13). The first kappa shape index (κ1) is 11.3. The third-order valence-electron chi connectivity index (χ3n) is 2.59. The molecule has 0 saturated heterocycles. The minimum Gasteiger partial charge on any atom is -0.382 e. The van der Waals surface area contributed by atoms with Crippen molar-refractivity contribution in [3.63, 3.8) is 0 Å². The lowest BCUT2D eigenvalue weighted by molar-refractivity contribution is 0.877. The molecule has 2 heterocycles. The fourth-order valence-electron chi connectivity index (χ4n) is 1.50. The number of nitrogens with two attached hydrogens (primary N) is 1. The molecule has 0 radical (unpaired) electrons. The molecule has 2 aromatic rings. The van der Waals surface area contributed by atoms with Crippen LogP contribution < -0.4 is 5.73 Å². The number of nitrogen functional groups attached to an aromatic ring is 1. The summed E-state index contributed by atoms with van der Waals surface area (Å²) in [5, 5.41) is 7.41. The van der Waals surface area contributed by atoms with Crippen molar-refractivity contribution in [3.8, 4) is 5.95 Å². The van der Waals surface area contributed by atoms with Crippen LogP contribution in [-0.4, -0.2) is 25.4 Å². The smallest absolute Gasteiger partial charge is 0.236 e. The predicted octanol–water partition coefficient (Wildman–Crippen LogP) is 0.872. The van der Waals surface area contributed by atoms with E-state index in [9.17, 15) is 0 Å². The first-order chi connectivity index (χ1) is 7.99. The molecular weight excluding hydrogens is 216 g/mol. The lowest BCUT2D eigenvalue weighted by atomic mass is 10.3. The van der Waals surface area contributed by atoms with E-state index in [1.807, 2.05) is 20.8 Å². The number of aryl methyl sites for hydroxylation is 2. The molecule has 2 rings (SSSR count). The number of aromatic nitrogens is 4. The molecule has 0 bridgehead atoms. The van der Waals surface area contributed by atoms with Crippen molar-refractivity contribution in [2.75, 3.05) is 0 Å². The van der Waals surface area contributed by atoms with Gasteiger partial charge in [-0.1, -0.05) is 0 Å². The molecule has 2 aromatic heterocycles. The van der Waals surface area contributed by atoms with Gasteiger partial charge < -0.3 is 5.73 Å². The van der Waals surface area contributed by atoms with E-state index in [0.29, 0.717) is 11.6 Å². The summed E-state index contributed by atoms with van der Waals surface area (Å²) >= 11 is 0. The van der Waals surface area contributed by atoms with Crippen LogP contribution in [0, 0.1) is 26.2 Å². The van der Waals surface area contributed by atoms with E-state index < -0.39 is 0 Å². The largest absolute Gasteiger partial charge is 0.382 e. The zero-order valence-electron chi connectivity index (χ0n) is 10.0. The first-order valence-electron chi connectivity index (χ1n) is 5.20. The SMILES string of the molecule is Cc1cc(C(=N)N)nc(-n2cnc(C)c2C)n1. The Morgan fingerprint density at radius 2 is 2.00 bits per heavy atom. The van der Waals surface area contributed by atoms with Gasteiger partial charge in [0, 0.05) is 11.4 Å². The maximum absolute atomic E-state index is 7.41. The minimum atomic E-state index is -0.0637. The highest BCUT2D eigenvalue weighted by molar-refractivity contribution is 5.93. The average molecular weight is 230 g/mol. The topological polar surface area (TPSA) is 93.5 Å². The zero-order chi connectivity index (χ0) is 12.6. The second-order valence-corrected chi connectivity index (χ2v) is 3.89. The Labute approximate surface area is 99.1 Å². The van der Waals surface area contributed by atoms with Gasteiger partial charge in [0.05, 0.1) is 5.69 Å². The van der Waals surface area contributed by atoms with Gasteiger partial charge in [-0.3, -0.25) is 9.98 Å². The Kier molecular flexibility index (Phi) is 2.63. The predicted molar refractivity (Wildman–Crippen MR) is 64.4 cm³/mol. The van der Waals surface area contributed by atoms with E-state index in [4.69, 9.17) is 11.1 Å². The quantitative estimate of drug-likeness (QED) is 0.591. The molecule has 0 fully saturated rings. The monoisotopic (exact) mass is 230 g/mol. The highest BCUT2D eigenvalue weighted by Crippen LogP contribution is 2.11. The fourth-order valence-corrected chi connectivity index (χ4v) is 1.50. The number of nitrogens with zero attached hydrogens (tertiary/aromatic N) is 4. The summed E-state index contributed by atoms with van der Waals surface area (Å²) in [6.45, 7) is 5.71. The van der Waals surface area contributed by atoms with Crippen LogP contribution in [0.2, 0.25) is 0 Å². The van der Waals surface area contributed by atoms with Crippen LogP contribution in [0.25, 0.3) is 5.95 Å². The Bertz CT molecular complexity index is 584. The molecule has 0 atom stereocenters. The van der Waals surface area contributed by atoms with E-state index in [2.05, 4.69) is 15.0 Å². The van der Waals surface area contributed by atoms with E-state index >= 15 is 0 Å². The van der Waals surface area contributed by atoms with Gasteiger partial charge in [-0.2, -0.15) is 0 Å². The maximum Gasteiger partial charge on any atom is 0.236 e. The van der Waals surface area contributed by atoms with Crippen LogP contribution in [0.15, 0.2) is 12.4 Å². The Hall–Kier alpha value is -2.24. The molecule has 0 spiro atoms. The average Bonchev–Trinajstić information content (AvgIpc) is 2.59. The molecule has 6 heteroatoms. The summed E-state index contributed by atoms with van der Waals surface area (Å²) in [7, 11) is 0. The van der Waals surface area contributed by atoms with Gasteiger partial charge in [-0.25, -0.2) is 15.0 Å². The number of hydrogen-bond donors (Lipinski definition) is 2. The van der Waals surface area contributed by atoms with Crippen LogP contribution in [0.3, 0.4) is 0 Å². The normalized spacial score (nSPS) is 10.5. The van der Waals surface area contributed by atoms with Crippen LogP contribution >= 0.6 is 0 Å². The second-order valence-electron chi connectivity index (χ2n) is 3.89. The summed E-state index contributed by atoms with van der Waals surface area (Å²) in [5.41, 5.74) is 8.55. The molecule has 0 unspecified atom stereocenters. The molecule has 3 N–H and O–H groups in total. The first-order valence-corrected chi connectivity index (χ1v) is 5.20. The highest BCUT2D eigenvalue weighted by atomic mass is 15.2. The Balaban J connectivity index is 2.60. The van der Waals surface area contributed by atoms with Crippen molar-refractivity contribution in [2.24, 2.45) is 5.73 Å². The second kappa shape index (κ2) is 3.97. The van der Waals surface area contributed by atoms with E-state index in [0.717, 1.165) is 17.1 Å². The van der Waals surface area contributed by atoms with Gasteiger partial charge in [0.25, 0.3) is 0 Å². The van der Waals surface area contributed by atoms with Crippen molar-refractivity contribution in [1.82, 2.24) is 19.5 Å². The van der Waals surface area contributed by atoms with Gasteiger partial charge in [0.15, 0.2) is 0 Å². The van der Waals surface area contributed by atoms with Crippen molar-refractivity contribution >= 4 is 5.84 Å². The molecule has 17 heavy (non-hydrogen) atoms. The lowest BCUT2D eigenvalue weighted by Crippen LogP contribution is -2.16. The molecule has 0 aliphatic rings. The van der Waals surface area contributed by atoms with E-state index in [-0.39, 0.29) is 5.84 Å². The molecule has 0 saturated carbocycles. The number of hydrogen-bond acceptors (Lipinski definition) is 4. The summed E-state index contributed by atoms with van der Waals surface area (Å²) in [6, 6.07) is 1.69. The summed E-state index contributed by atoms with van der Waals surface area (Å²) in [5.74, 6) is 0.430. The van der Waals surface area contributed by atoms with Gasteiger partial charge in [0.1, 0.15) is 17.9 Å². The van der Waals surface area contributed by atoms with Crippen LogP contribution in [-0.2, 0) is 0 Å². The van der Waals surface area contributed by atoms with Crippen molar-refractivity contribution in [3.05, 3.63) is 35.2 Å². The fraction of sp³-hybridized carbons (Fsp3) is 0.273. The third-order valence-corrected chi connectivity index (χ3v) is 2.59. The molecule has 0 aromatic carbocycles. The third kappa shape index (κ3) is 2.01. The Morgan fingerprint density at radius 1 is 1.29 bits per heavy atom. The van der Waals surface area contributed by atoms with E-state index in [1.54, 1.807) is 17.0 Å². The summed E-state index contributed by atoms with van der Waals surface area (Å²) in [6.07, 6.45) is 1.67. The van der Waals surface area contributed by atoms with Gasteiger partial charge in [-0.15, -0.1) is 0 Å². The summed E-state index contributed by atoms with van der Waals surface area (Å²) < 4.78 is 1.79. The zero-order valence-corrected chi connectivity index (χ0v) is 10.0. The van der Waals surface area contributed by atoms with Crippen LogP contribution in [0.4, 0.5) is 0 Å². The molecule has 0 aliphatic carbocycles. The molecule has 0 amide bonds. The van der Waals surface area contributed by atoms with Gasteiger partial charge in [-0.05, 0) is 26.8 Å². The number of amidine groups is 1. The van der Waals surface area contributed by atoms with Crippen LogP contribution in [0.1, 0.15) is 22.8 Å². The van der Waals surface area contributed by atoms with E-state index in [1.165, 1.54) is 0 Å². The Morgan fingerprint density at radius 3 is 2.53 bits per heavy atom. The van der Waals surface area contributed by atoms with Crippen molar-refractivity contribution in [1.29, 1.82) is 5.41 Å². The molecule has 88 valence electrons. The molecule has 6 nitrogen and oxygen atoms in total. The van der Waals surface area contributed by atoms with Crippen molar-refractivity contribution < 1.29 is 0 Å². The number of imidazole rings is 1. The van der Waals surface area contributed by atoms with Crippen molar-refractivity contribution in [2.45, 2.75) is 20.8 Å². The van der Waals surface area contributed by atoms with Gasteiger partial charge >= 0.3 is 0 Å². The summed E-state index contributed by atoms with van der Waals surface area (Å²) in [4.78, 5) is 12.8. The number of nitrogens with one attached hydrogen (secondary N) is 1. The molecule has 0 aliphatic heterocycles. The number of rotatable bonds is 2.